The van der Waals surface area contributed by atoms with E-state index in [1.165, 1.54) is 16.7 Å². The van der Waals surface area contributed by atoms with Gasteiger partial charge in [0.05, 0.1) is 7.11 Å². The highest BCUT2D eigenvalue weighted by molar-refractivity contribution is 5.73. The van der Waals surface area contributed by atoms with E-state index in [1.54, 1.807) is 14.0 Å². The molecule has 2 aliphatic heterocycles. The second kappa shape index (κ2) is 10.6. The predicted octanol–water partition coefficient (Wildman–Crippen LogP) is 4.24. The summed E-state index contributed by atoms with van der Waals surface area (Å²) in [5.41, 5.74) is 3.89. The highest BCUT2D eigenvalue weighted by atomic mass is 16.5. The number of hydrogen-bond acceptors (Lipinski definition) is 4. The number of carbonyl (C=O) groups excluding carboxylic acids is 1. The minimum Gasteiger partial charge on any atom is -0.496 e. The normalized spacial score (nSPS) is 21.1. The first-order valence-corrected chi connectivity index (χ1v) is 12.6. The number of nitrogens with zero attached hydrogens (tertiary/aromatic N) is 3. The molecule has 3 aromatic rings. The van der Waals surface area contributed by atoms with Crippen molar-refractivity contribution in [3.05, 3.63) is 102 Å². The molecule has 2 saturated heterocycles. The Labute approximate surface area is 208 Å². The summed E-state index contributed by atoms with van der Waals surface area (Å²) in [5.74, 6) is 1.36. The lowest BCUT2D eigenvalue weighted by molar-refractivity contribution is -0.134. The van der Waals surface area contributed by atoms with Crippen LogP contribution in [-0.4, -0.2) is 72.5 Å². The summed E-state index contributed by atoms with van der Waals surface area (Å²) in [7, 11) is 1.74. The van der Waals surface area contributed by atoms with Crippen LogP contribution >= 0.6 is 0 Å². The van der Waals surface area contributed by atoms with Crippen LogP contribution in [0.25, 0.3) is 0 Å². The summed E-state index contributed by atoms with van der Waals surface area (Å²) in [6.45, 7) is 6.92. The van der Waals surface area contributed by atoms with Gasteiger partial charge >= 0.3 is 0 Å². The van der Waals surface area contributed by atoms with Crippen molar-refractivity contribution < 1.29 is 9.53 Å². The van der Waals surface area contributed by atoms with Crippen molar-refractivity contribution in [1.82, 2.24) is 14.7 Å². The topological polar surface area (TPSA) is 36.0 Å². The zero-order valence-corrected chi connectivity index (χ0v) is 20.7. The number of benzene rings is 3. The van der Waals surface area contributed by atoms with E-state index in [0.29, 0.717) is 12.1 Å². The maximum atomic E-state index is 12.3. The third-order valence-electron chi connectivity index (χ3n) is 7.60. The zero-order chi connectivity index (χ0) is 24.2. The Morgan fingerprint density at radius 3 is 2.11 bits per heavy atom. The first kappa shape index (κ1) is 23.6. The maximum Gasteiger partial charge on any atom is 0.219 e. The quantitative estimate of drug-likeness (QED) is 0.541. The lowest BCUT2D eigenvalue weighted by Crippen LogP contribution is -2.67. The number of methoxy groups -OCH3 is 1. The van der Waals surface area contributed by atoms with E-state index < -0.39 is 0 Å². The molecular formula is C30H35N3O2. The third-order valence-corrected chi connectivity index (χ3v) is 7.60. The zero-order valence-electron chi connectivity index (χ0n) is 20.7. The number of carbonyl (C=O) groups is 1. The van der Waals surface area contributed by atoms with Crippen LogP contribution in [-0.2, 0) is 11.3 Å². The molecule has 0 aliphatic carbocycles. The Morgan fingerprint density at radius 2 is 1.49 bits per heavy atom. The van der Waals surface area contributed by atoms with Gasteiger partial charge in [0.25, 0.3) is 0 Å². The minimum absolute atomic E-state index is 0.172. The number of fused-ring (bicyclic) bond motifs is 1. The van der Waals surface area contributed by atoms with Gasteiger partial charge in [-0.3, -0.25) is 14.6 Å². The molecule has 0 radical (unpaired) electrons. The smallest absolute Gasteiger partial charge is 0.219 e. The first-order valence-electron chi connectivity index (χ1n) is 12.6. The van der Waals surface area contributed by atoms with E-state index in [2.05, 4.69) is 82.6 Å². The molecule has 0 bridgehead atoms. The van der Waals surface area contributed by atoms with Crippen molar-refractivity contribution in [2.45, 2.75) is 31.5 Å². The van der Waals surface area contributed by atoms with E-state index in [1.807, 2.05) is 17.0 Å². The van der Waals surface area contributed by atoms with E-state index in [9.17, 15) is 4.79 Å². The molecule has 0 N–H and O–H groups in total. The Kier molecular flexibility index (Phi) is 7.16. The van der Waals surface area contributed by atoms with Gasteiger partial charge in [-0.25, -0.2) is 0 Å². The Balaban J connectivity index is 1.52. The van der Waals surface area contributed by atoms with E-state index in [-0.39, 0.29) is 11.8 Å². The highest BCUT2D eigenvalue weighted by Crippen LogP contribution is 2.36. The van der Waals surface area contributed by atoms with Crippen LogP contribution in [0.4, 0.5) is 0 Å². The molecule has 2 fully saturated rings. The van der Waals surface area contributed by atoms with Gasteiger partial charge in [-0.2, -0.15) is 0 Å². The van der Waals surface area contributed by atoms with Crippen molar-refractivity contribution in [2.24, 2.45) is 0 Å². The average molecular weight is 470 g/mol. The predicted molar refractivity (Wildman–Crippen MR) is 140 cm³/mol. The number of rotatable bonds is 6. The monoisotopic (exact) mass is 469 g/mol. The number of para-hydroxylation sites is 1. The van der Waals surface area contributed by atoms with Crippen LogP contribution in [0.15, 0.2) is 84.9 Å². The van der Waals surface area contributed by atoms with Gasteiger partial charge in [0.2, 0.25) is 5.91 Å². The Morgan fingerprint density at radius 1 is 0.857 bits per heavy atom. The van der Waals surface area contributed by atoms with Crippen LogP contribution in [0.1, 0.15) is 29.5 Å². The molecule has 3 aromatic carbocycles. The summed E-state index contributed by atoms with van der Waals surface area (Å²) in [5, 5.41) is 0. The van der Waals surface area contributed by atoms with Gasteiger partial charge < -0.3 is 9.64 Å². The van der Waals surface area contributed by atoms with Crippen LogP contribution < -0.4 is 4.74 Å². The summed E-state index contributed by atoms with van der Waals surface area (Å²) in [4.78, 5) is 19.5. The van der Waals surface area contributed by atoms with Crippen molar-refractivity contribution in [3.8, 4) is 5.75 Å². The largest absolute Gasteiger partial charge is 0.496 e. The van der Waals surface area contributed by atoms with Gasteiger partial charge in [0, 0.05) is 69.8 Å². The van der Waals surface area contributed by atoms with Crippen LogP contribution in [0.2, 0.25) is 0 Å². The molecule has 35 heavy (non-hydrogen) atoms. The van der Waals surface area contributed by atoms with Crippen LogP contribution in [0.3, 0.4) is 0 Å². The molecule has 5 heteroatoms. The van der Waals surface area contributed by atoms with E-state index >= 15 is 0 Å². The lowest BCUT2D eigenvalue weighted by atomic mass is 9.81. The average Bonchev–Trinajstić information content (AvgIpc) is 2.90. The molecule has 5 rings (SSSR count). The second-order valence-corrected chi connectivity index (χ2v) is 9.73. The second-order valence-electron chi connectivity index (χ2n) is 9.73. The fraction of sp³-hybridized carbons (Fsp3) is 0.367. The van der Waals surface area contributed by atoms with Crippen LogP contribution in [0, 0.1) is 0 Å². The molecule has 2 heterocycles. The summed E-state index contributed by atoms with van der Waals surface area (Å²) in [6.07, 6.45) is 0. The molecule has 0 spiro atoms. The van der Waals surface area contributed by atoms with Crippen molar-refractivity contribution in [2.75, 3.05) is 39.8 Å². The summed E-state index contributed by atoms with van der Waals surface area (Å²) >= 11 is 0. The van der Waals surface area contributed by atoms with Gasteiger partial charge in [-0.15, -0.1) is 0 Å². The van der Waals surface area contributed by atoms with Gasteiger partial charge in [0.15, 0.2) is 0 Å². The molecule has 1 amide bonds. The Bertz CT molecular complexity index is 1080. The highest BCUT2D eigenvalue weighted by Gasteiger charge is 2.42. The van der Waals surface area contributed by atoms with Gasteiger partial charge in [0.1, 0.15) is 5.75 Å². The number of piperazine rings is 2. The molecule has 2 atom stereocenters. The summed E-state index contributed by atoms with van der Waals surface area (Å²) in [6, 6.07) is 30.7. The number of ether oxygens (including phenoxy) is 1. The maximum absolute atomic E-state index is 12.3. The third kappa shape index (κ3) is 5.12. The molecule has 5 nitrogen and oxygen atoms in total. The molecule has 2 unspecified atom stereocenters. The SMILES string of the molecule is COc1ccccc1CN1CC2CN(C(C)=O)CCN2C(C(c2ccccc2)c2ccccc2)C1. The minimum atomic E-state index is 0.172. The first-order chi connectivity index (χ1) is 17.1. The van der Waals surface area contributed by atoms with Crippen LogP contribution in [0.5, 0.6) is 5.75 Å². The van der Waals surface area contributed by atoms with E-state index in [0.717, 1.165) is 45.0 Å². The molecule has 0 aromatic heterocycles. The molecule has 2 aliphatic rings. The fourth-order valence-electron chi connectivity index (χ4n) is 5.95. The van der Waals surface area contributed by atoms with Crippen molar-refractivity contribution in [1.29, 1.82) is 0 Å². The summed E-state index contributed by atoms with van der Waals surface area (Å²) < 4.78 is 5.66. The van der Waals surface area contributed by atoms with Gasteiger partial charge in [-0.1, -0.05) is 78.9 Å². The standard InChI is InChI=1S/C30H35N3O2/c1-23(34)32-17-18-33-27(21-32)20-31(19-26-15-9-10-16-29(26)35-2)22-28(33)30(24-11-5-3-6-12-24)25-13-7-4-8-14-25/h3-16,27-28,30H,17-22H2,1-2H3. The number of amides is 1. The lowest BCUT2D eigenvalue weighted by Gasteiger charge is -2.53. The molecule has 182 valence electrons. The molecule has 0 saturated carbocycles. The Hall–Kier alpha value is -3.15. The number of hydrogen-bond donors (Lipinski definition) is 0. The molecular weight excluding hydrogens is 434 g/mol. The fourth-order valence-corrected chi connectivity index (χ4v) is 5.95. The van der Waals surface area contributed by atoms with Gasteiger partial charge in [-0.05, 0) is 17.2 Å². The van der Waals surface area contributed by atoms with Crippen molar-refractivity contribution in [3.63, 3.8) is 0 Å². The van der Waals surface area contributed by atoms with E-state index in [4.69, 9.17) is 4.74 Å². The van der Waals surface area contributed by atoms with Crippen molar-refractivity contribution >= 4 is 5.91 Å².